The quantitative estimate of drug-likeness (QED) is 0.889. The maximum atomic E-state index is 12.2. The van der Waals surface area contributed by atoms with E-state index in [9.17, 15) is 14.7 Å². The summed E-state index contributed by atoms with van der Waals surface area (Å²) >= 11 is 0. The molecule has 1 aromatic rings. The number of hydrogen-bond acceptors (Lipinski definition) is 3. The molecule has 0 saturated carbocycles. The molecule has 0 spiro atoms. The van der Waals surface area contributed by atoms with Gasteiger partial charge in [-0.15, -0.1) is 0 Å². The first-order valence-corrected chi connectivity index (χ1v) is 6.67. The Labute approximate surface area is 117 Å². The van der Waals surface area contributed by atoms with E-state index in [1.807, 2.05) is 19.9 Å². The second kappa shape index (κ2) is 5.63. The number of carboxylic acids is 1. The van der Waals surface area contributed by atoms with Crippen LogP contribution in [0, 0.1) is 19.8 Å². The smallest absolute Gasteiger partial charge is 0.337 e. The molecule has 1 saturated heterocycles. The van der Waals surface area contributed by atoms with Gasteiger partial charge in [0.25, 0.3) is 5.91 Å². The van der Waals surface area contributed by atoms with Crippen LogP contribution in [0.1, 0.15) is 34.8 Å². The van der Waals surface area contributed by atoms with Crippen LogP contribution >= 0.6 is 0 Å². The summed E-state index contributed by atoms with van der Waals surface area (Å²) in [5.41, 5.74) is 2.06. The molecule has 20 heavy (non-hydrogen) atoms. The van der Waals surface area contributed by atoms with Gasteiger partial charge in [0.1, 0.15) is 6.10 Å². The van der Waals surface area contributed by atoms with Gasteiger partial charge in [0.15, 0.2) is 0 Å². The first-order valence-electron chi connectivity index (χ1n) is 6.67. The molecule has 2 N–H and O–H groups in total. The molecule has 1 amide bonds. The Morgan fingerprint density at radius 1 is 1.35 bits per heavy atom. The number of nitrogens with one attached hydrogen (secondary N) is 1. The lowest BCUT2D eigenvalue weighted by Crippen LogP contribution is -2.32. The molecule has 1 aliphatic heterocycles. The highest BCUT2D eigenvalue weighted by atomic mass is 16.5. The van der Waals surface area contributed by atoms with Gasteiger partial charge in [-0.2, -0.15) is 0 Å². The first-order chi connectivity index (χ1) is 9.40. The van der Waals surface area contributed by atoms with Crippen molar-refractivity contribution in [1.29, 1.82) is 0 Å². The van der Waals surface area contributed by atoms with Crippen LogP contribution in [-0.4, -0.2) is 29.7 Å². The van der Waals surface area contributed by atoms with Crippen molar-refractivity contribution in [3.05, 3.63) is 28.8 Å². The number of anilines is 1. The number of benzene rings is 1. The number of aromatic carboxylic acids is 1. The SMILES string of the molecule is Cc1cc(C)c(NC(=O)C2OCCC2C)c(C(=O)O)c1. The van der Waals surface area contributed by atoms with E-state index in [4.69, 9.17) is 4.74 Å². The normalized spacial score (nSPS) is 21.8. The predicted molar refractivity (Wildman–Crippen MR) is 75.0 cm³/mol. The summed E-state index contributed by atoms with van der Waals surface area (Å²) in [6.07, 6.45) is 0.342. The molecular formula is C15H19NO4. The third-order valence-electron chi connectivity index (χ3n) is 3.60. The largest absolute Gasteiger partial charge is 0.478 e. The Bertz CT molecular complexity index is 553. The predicted octanol–water partition coefficient (Wildman–Crippen LogP) is 2.37. The monoisotopic (exact) mass is 277 g/mol. The molecule has 1 aliphatic rings. The van der Waals surface area contributed by atoms with Gasteiger partial charge in [-0.05, 0) is 43.4 Å². The fraction of sp³-hybridized carbons (Fsp3) is 0.467. The number of ether oxygens (including phenoxy) is 1. The van der Waals surface area contributed by atoms with E-state index in [0.29, 0.717) is 12.3 Å². The molecule has 1 aromatic carbocycles. The Hall–Kier alpha value is -1.88. The minimum Gasteiger partial charge on any atom is -0.478 e. The molecule has 0 radical (unpaired) electrons. The highest BCUT2D eigenvalue weighted by Crippen LogP contribution is 2.26. The highest BCUT2D eigenvalue weighted by molar-refractivity contribution is 6.03. The average molecular weight is 277 g/mol. The van der Waals surface area contributed by atoms with E-state index in [1.54, 1.807) is 13.0 Å². The molecule has 2 unspecified atom stereocenters. The number of carboxylic acid groups (broad SMARTS) is 1. The first kappa shape index (κ1) is 14.5. The third-order valence-corrected chi connectivity index (χ3v) is 3.60. The van der Waals surface area contributed by atoms with E-state index < -0.39 is 12.1 Å². The van der Waals surface area contributed by atoms with Gasteiger partial charge in [0, 0.05) is 6.61 Å². The fourth-order valence-corrected chi connectivity index (χ4v) is 2.53. The lowest BCUT2D eigenvalue weighted by molar-refractivity contribution is -0.126. The van der Waals surface area contributed by atoms with E-state index in [2.05, 4.69) is 5.32 Å². The topological polar surface area (TPSA) is 75.6 Å². The Balaban J connectivity index is 2.29. The second-order valence-electron chi connectivity index (χ2n) is 5.36. The standard InChI is InChI=1S/C15H19NO4/c1-8-6-10(3)12(11(7-8)15(18)19)16-14(17)13-9(2)4-5-20-13/h6-7,9,13H,4-5H2,1-3H3,(H,16,17)(H,18,19). The number of rotatable bonds is 3. The molecule has 2 rings (SSSR count). The minimum absolute atomic E-state index is 0.113. The molecule has 0 aliphatic carbocycles. The van der Waals surface area contributed by atoms with Gasteiger partial charge in [-0.1, -0.05) is 13.0 Å². The van der Waals surface area contributed by atoms with Crippen LogP contribution in [0.5, 0.6) is 0 Å². The van der Waals surface area contributed by atoms with Crippen molar-refractivity contribution >= 4 is 17.6 Å². The average Bonchev–Trinajstić information content (AvgIpc) is 2.78. The van der Waals surface area contributed by atoms with Crippen molar-refractivity contribution in [2.75, 3.05) is 11.9 Å². The molecule has 1 heterocycles. The fourth-order valence-electron chi connectivity index (χ4n) is 2.53. The summed E-state index contributed by atoms with van der Waals surface area (Å²) in [4.78, 5) is 23.5. The third kappa shape index (κ3) is 2.82. The van der Waals surface area contributed by atoms with Gasteiger partial charge >= 0.3 is 5.97 Å². The van der Waals surface area contributed by atoms with Gasteiger partial charge < -0.3 is 15.2 Å². The summed E-state index contributed by atoms with van der Waals surface area (Å²) in [6, 6.07) is 3.41. The van der Waals surface area contributed by atoms with Crippen LogP contribution in [-0.2, 0) is 9.53 Å². The van der Waals surface area contributed by atoms with Gasteiger partial charge in [0.05, 0.1) is 11.3 Å². The molecule has 0 aromatic heterocycles. The molecule has 108 valence electrons. The van der Waals surface area contributed by atoms with Crippen LogP contribution in [0.4, 0.5) is 5.69 Å². The second-order valence-corrected chi connectivity index (χ2v) is 5.36. The van der Waals surface area contributed by atoms with E-state index in [0.717, 1.165) is 17.5 Å². The molecule has 2 atom stereocenters. The Morgan fingerprint density at radius 2 is 2.05 bits per heavy atom. The van der Waals surface area contributed by atoms with Crippen LogP contribution in [0.2, 0.25) is 0 Å². The molecule has 5 heteroatoms. The number of carbonyl (C=O) groups is 2. The van der Waals surface area contributed by atoms with Crippen molar-refractivity contribution < 1.29 is 19.4 Å². The summed E-state index contributed by atoms with van der Waals surface area (Å²) in [7, 11) is 0. The summed E-state index contributed by atoms with van der Waals surface area (Å²) < 4.78 is 5.40. The van der Waals surface area contributed by atoms with Crippen molar-refractivity contribution in [2.45, 2.75) is 33.3 Å². The van der Waals surface area contributed by atoms with Crippen LogP contribution in [0.3, 0.4) is 0 Å². The summed E-state index contributed by atoms with van der Waals surface area (Å²) in [5.74, 6) is -1.18. The van der Waals surface area contributed by atoms with Gasteiger partial charge in [-0.3, -0.25) is 4.79 Å². The Kier molecular flexibility index (Phi) is 4.09. The number of carbonyl (C=O) groups excluding carboxylic acids is 1. The van der Waals surface area contributed by atoms with Crippen molar-refractivity contribution in [2.24, 2.45) is 5.92 Å². The maximum absolute atomic E-state index is 12.2. The minimum atomic E-state index is -1.05. The highest BCUT2D eigenvalue weighted by Gasteiger charge is 2.31. The van der Waals surface area contributed by atoms with Gasteiger partial charge in [0.2, 0.25) is 0 Å². The van der Waals surface area contributed by atoms with Gasteiger partial charge in [-0.25, -0.2) is 4.79 Å². The molecular weight excluding hydrogens is 258 g/mol. The zero-order valence-corrected chi connectivity index (χ0v) is 11.9. The zero-order chi connectivity index (χ0) is 14.9. The number of hydrogen-bond donors (Lipinski definition) is 2. The summed E-state index contributed by atoms with van der Waals surface area (Å²) in [6.45, 7) is 6.14. The van der Waals surface area contributed by atoms with Crippen molar-refractivity contribution in [3.8, 4) is 0 Å². The van der Waals surface area contributed by atoms with Crippen LogP contribution in [0.25, 0.3) is 0 Å². The number of amides is 1. The lowest BCUT2D eigenvalue weighted by atomic mass is 10.0. The molecule has 0 bridgehead atoms. The summed E-state index contributed by atoms with van der Waals surface area (Å²) in [5, 5.41) is 12.0. The molecule has 1 fully saturated rings. The van der Waals surface area contributed by atoms with Crippen LogP contribution in [0.15, 0.2) is 12.1 Å². The van der Waals surface area contributed by atoms with Crippen molar-refractivity contribution in [3.63, 3.8) is 0 Å². The Morgan fingerprint density at radius 3 is 2.60 bits per heavy atom. The maximum Gasteiger partial charge on any atom is 0.337 e. The zero-order valence-electron chi connectivity index (χ0n) is 11.9. The molecule has 5 nitrogen and oxygen atoms in total. The van der Waals surface area contributed by atoms with Crippen LogP contribution < -0.4 is 5.32 Å². The van der Waals surface area contributed by atoms with E-state index >= 15 is 0 Å². The van der Waals surface area contributed by atoms with E-state index in [-0.39, 0.29) is 17.4 Å². The van der Waals surface area contributed by atoms with Crippen molar-refractivity contribution in [1.82, 2.24) is 0 Å². The van der Waals surface area contributed by atoms with E-state index in [1.165, 1.54) is 0 Å². The lowest BCUT2D eigenvalue weighted by Gasteiger charge is -2.17. The number of aryl methyl sites for hydroxylation is 2.